The third kappa shape index (κ3) is 7.35. The highest BCUT2D eigenvalue weighted by atomic mass is 32.1. The number of unbranched alkanes of at least 4 members (excludes halogenated alkanes) is 1. The molecular formula is C10H23NOS. The standard InChI is InChI=1S/C10H23NOS/c1-10(2)11(7-5-8-12)6-3-4-9-13/h10,12-13H,3-9H2,1-2H3. The van der Waals surface area contributed by atoms with E-state index in [-0.39, 0.29) is 0 Å². The fraction of sp³-hybridized carbons (Fsp3) is 1.00. The van der Waals surface area contributed by atoms with E-state index >= 15 is 0 Å². The van der Waals surface area contributed by atoms with Crippen LogP contribution in [-0.4, -0.2) is 41.5 Å². The van der Waals surface area contributed by atoms with Crippen LogP contribution < -0.4 is 0 Å². The quantitative estimate of drug-likeness (QED) is 0.466. The van der Waals surface area contributed by atoms with E-state index in [4.69, 9.17) is 5.11 Å². The van der Waals surface area contributed by atoms with Crippen molar-refractivity contribution < 1.29 is 5.11 Å². The average Bonchev–Trinajstić information content (AvgIpc) is 2.10. The first-order chi connectivity index (χ1) is 6.22. The van der Waals surface area contributed by atoms with Gasteiger partial charge in [0.2, 0.25) is 0 Å². The van der Waals surface area contributed by atoms with E-state index in [0.717, 1.165) is 25.3 Å². The summed E-state index contributed by atoms with van der Waals surface area (Å²) in [7, 11) is 0. The molecule has 0 rings (SSSR count). The molecule has 3 heteroatoms. The molecule has 0 fully saturated rings. The molecule has 0 aliphatic heterocycles. The van der Waals surface area contributed by atoms with E-state index in [0.29, 0.717) is 12.6 Å². The molecule has 0 unspecified atom stereocenters. The van der Waals surface area contributed by atoms with Crippen LogP contribution in [0.1, 0.15) is 33.1 Å². The van der Waals surface area contributed by atoms with Gasteiger partial charge < -0.3 is 10.0 Å². The zero-order valence-corrected chi connectivity index (χ0v) is 9.76. The fourth-order valence-electron chi connectivity index (χ4n) is 1.33. The van der Waals surface area contributed by atoms with Crippen LogP contribution in [0.25, 0.3) is 0 Å². The van der Waals surface area contributed by atoms with E-state index in [1.165, 1.54) is 12.8 Å². The minimum atomic E-state index is 0.301. The molecule has 0 aliphatic rings. The van der Waals surface area contributed by atoms with Crippen molar-refractivity contribution in [1.82, 2.24) is 4.90 Å². The van der Waals surface area contributed by atoms with Gasteiger partial charge in [0.1, 0.15) is 0 Å². The van der Waals surface area contributed by atoms with E-state index < -0.39 is 0 Å². The zero-order valence-electron chi connectivity index (χ0n) is 8.87. The molecule has 0 heterocycles. The maximum atomic E-state index is 8.73. The van der Waals surface area contributed by atoms with Crippen LogP contribution in [0.3, 0.4) is 0 Å². The fourth-order valence-corrected chi connectivity index (χ4v) is 1.55. The van der Waals surface area contributed by atoms with E-state index in [9.17, 15) is 0 Å². The Labute approximate surface area is 87.7 Å². The van der Waals surface area contributed by atoms with Crippen molar-refractivity contribution in [2.24, 2.45) is 0 Å². The molecule has 0 saturated heterocycles. The summed E-state index contributed by atoms with van der Waals surface area (Å²) in [6.07, 6.45) is 3.29. The van der Waals surface area contributed by atoms with Crippen molar-refractivity contribution in [1.29, 1.82) is 0 Å². The van der Waals surface area contributed by atoms with Gasteiger partial charge in [-0.2, -0.15) is 12.6 Å². The van der Waals surface area contributed by atoms with Crippen LogP contribution in [0, 0.1) is 0 Å². The third-order valence-electron chi connectivity index (χ3n) is 2.19. The molecule has 0 radical (unpaired) electrons. The Balaban J connectivity index is 3.54. The summed E-state index contributed by atoms with van der Waals surface area (Å²) >= 11 is 4.19. The molecule has 0 saturated carbocycles. The maximum absolute atomic E-state index is 8.73. The van der Waals surface area contributed by atoms with Gasteiger partial charge in [-0.1, -0.05) is 0 Å². The van der Waals surface area contributed by atoms with Crippen molar-refractivity contribution in [2.45, 2.75) is 39.2 Å². The molecule has 0 aliphatic carbocycles. The number of hydrogen-bond acceptors (Lipinski definition) is 3. The van der Waals surface area contributed by atoms with E-state index in [1.807, 2.05) is 0 Å². The van der Waals surface area contributed by atoms with Gasteiger partial charge in [0, 0.05) is 19.2 Å². The molecule has 0 aromatic heterocycles. The van der Waals surface area contributed by atoms with Gasteiger partial charge in [0.25, 0.3) is 0 Å². The van der Waals surface area contributed by atoms with Gasteiger partial charge in [-0.15, -0.1) is 0 Å². The number of hydrogen-bond donors (Lipinski definition) is 2. The predicted molar refractivity (Wildman–Crippen MR) is 61.5 cm³/mol. The van der Waals surface area contributed by atoms with Gasteiger partial charge in [-0.05, 0) is 45.4 Å². The second kappa shape index (κ2) is 8.85. The highest BCUT2D eigenvalue weighted by Crippen LogP contribution is 2.03. The zero-order chi connectivity index (χ0) is 10.1. The van der Waals surface area contributed by atoms with Crippen LogP contribution in [0.4, 0.5) is 0 Å². The highest BCUT2D eigenvalue weighted by Gasteiger charge is 2.07. The molecule has 13 heavy (non-hydrogen) atoms. The van der Waals surface area contributed by atoms with Crippen LogP contribution >= 0.6 is 12.6 Å². The normalized spacial score (nSPS) is 11.5. The first kappa shape index (κ1) is 13.3. The Morgan fingerprint density at radius 3 is 2.23 bits per heavy atom. The Morgan fingerprint density at radius 2 is 1.77 bits per heavy atom. The van der Waals surface area contributed by atoms with Crippen molar-refractivity contribution in [3.8, 4) is 0 Å². The van der Waals surface area contributed by atoms with Crippen molar-refractivity contribution >= 4 is 12.6 Å². The SMILES string of the molecule is CC(C)N(CCCO)CCCCS. The minimum Gasteiger partial charge on any atom is -0.396 e. The lowest BCUT2D eigenvalue weighted by molar-refractivity contribution is 0.190. The van der Waals surface area contributed by atoms with Gasteiger partial charge in [0.05, 0.1) is 0 Å². The molecule has 2 nitrogen and oxygen atoms in total. The van der Waals surface area contributed by atoms with Gasteiger partial charge in [0.15, 0.2) is 0 Å². The summed E-state index contributed by atoms with van der Waals surface area (Å²) in [5.74, 6) is 0.978. The van der Waals surface area contributed by atoms with Crippen LogP contribution in [0.15, 0.2) is 0 Å². The molecular weight excluding hydrogens is 182 g/mol. The number of nitrogens with zero attached hydrogens (tertiary/aromatic N) is 1. The number of aliphatic hydroxyl groups is 1. The van der Waals surface area contributed by atoms with Gasteiger partial charge in [-0.3, -0.25) is 0 Å². The lowest BCUT2D eigenvalue weighted by atomic mass is 10.2. The first-order valence-electron chi connectivity index (χ1n) is 5.18. The van der Waals surface area contributed by atoms with Crippen LogP contribution in [0.5, 0.6) is 0 Å². The summed E-state index contributed by atoms with van der Waals surface area (Å²) in [5.41, 5.74) is 0. The van der Waals surface area contributed by atoms with E-state index in [1.54, 1.807) is 0 Å². The summed E-state index contributed by atoms with van der Waals surface area (Å²) in [6.45, 7) is 6.87. The minimum absolute atomic E-state index is 0.301. The molecule has 0 aromatic rings. The highest BCUT2D eigenvalue weighted by molar-refractivity contribution is 7.80. The molecule has 0 aromatic carbocycles. The molecule has 80 valence electrons. The number of thiol groups is 1. The van der Waals surface area contributed by atoms with Crippen molar-refractivity contribution in [3.63, 3.8) is 0 Å². The lowest BCUT2D eigenvalue weighted by Gasteiger charge is -2.25. The third-order valence-corrected chi connectivity index (χ3v) is 2.50. The van der Waals surface area contributed by atoms with Crippen molar-refractivity contribution in [3.05, 3.63) is 0 Å². The molecule has 1 N–H and O–H groups in total. The summed E-state index contributed by atoms with van der Waals surface area (Å²) < 4.78 is 0. The predicted octanol–water partition coefficient (Wildman–Crippen LogP) is 1.79. The number of aliphatic hydroxyl groups excluding tert-OH is 1. The summed E-state index contributed by atoms with van der Waals surface area (Å²) in [6, 6.07) is 0.589. The second-order valence-corrected chi connectivity index (χ2v) is 4.08. The van der Waals surface area contributed by atoms with Crippen LogP contribution in [0.2, 0.25) is 0 Å². The first-order valence-corrected chi connectivity index (χ1v) is 5.81. The second-order valence-electron chi connectivity index (χ2n) is 3.64. The topological polar surface area (TPSA) is 23.5 Å². The van der Waals surface area contributed by atoms with E-state index in [2.05, 4.69) is 31.4 Å². The molecule has 0 spiro atoms. The monoisotopic (exact) mass is 205 g/mol. The Hall–Kier alpha value is 0.270. The van der Waals surface area contributed by atoms with Crippen LogP contribution in [-0.2, 0) is 0 Å². The molecule has 0 amide bonds. The van der Waals surface area contributed by atoms with Gasteiger partial charge >= 0.3 is 0 Å². The molecule has 0 bridgehead atoms. The average molecular weight is 205 g/mol. The van der Waals surface area contributed by atoms with Crippen molar-refractivity contribution in [2.75, 3.05) is 25.4 Å². The Bertz CT molecular complexity index is 109. The maximum Gasteiger partial charge on any atom is 0.0443 e. The Kier molecular flexibility index (Phi) is 9.03. The lowest BCUT2D eigenvalue weighted by Crippen LogP contribution is -2.33. The smallest absolute Gasteiger partial charge is 0.0443 e. The largest absolute Gasteiger partial charge is 0.396 e. The molecule has 0 atom stereocenters. The Morgan fingerprint density at radius 1 is 1.15 bits per heavy atom. The summed E-state index contributed by atoms with van der Waals surface area (Å²) in [4.78, 5) is 2.42. The number of rotatable bonds is 8. The summed E-state index contributed by atoms with van der Waals surface area (Å²) in [5, 5.41) is 8.73. The van der Waals surface area contributed by atoms with Gasteiger partial charge in [-0.25, -0.2) is 0 Å².